The fraction of sp³-hybridized carbons (Fsp3) is 0.533. The van der Waals surface area contributed by atoms with E-state index in [9.17, 15) is 14.4 Å². The van der Waals surface area contributed by atoms with Crippen molar-refractivity contribution in [2.24, 2.45) is 0 Å². The summed E-state index contributed by atoms with van der Waals surface area (Å²) in [6.45, 7) is 3.32. The van der Waals surface area contributed by atoms with E-state index in [4.69, 9.17) is 0 Å². The van der Waals surface area contributed by atoms with Crippen LogP contribution in [0.2, 0.25) is 0 Å². The van der Waals surface area contributed by atoms with Gasteiger partial charge in [-0.25, -0.2) is 4.98 Å². The third-order valence-corrected chi connectivity index (χ3v) is 5.09. The topological polar surface area (TPSA) is 106 Å². The van der Waals surface area contributed by atoms with Crippen LogP contribution in [0.4, 0.5) is 0 Å². The van der Waals surface area contributed by atoms with Crippen LogP contribution in [0.15, 0.2) is 10.9 Å². The van der Waals surface area contributed by atoms with Gasteiger partial charge < -0.3 is 10.1 Å². The second kappa shape index (κ2) is 7.28. The number of esters is 1. The van der Waals surface area contributed by atoms with Crippen molar-refractivity contribution >= 4 is 28.2 Å². The zero-order chi connectivity index (χ0) is 18.0. The molecular formula is C15H19N5O4S. The van der Waals surface area contributed by atoms with Crippen molar-refractivity contribution in [3.63, 3.8) is 0 Å². The fourth-order valence-corrected chi connectivity index (χ4v) is 3.60. The molecule has 1 N–H and O–H groups in total. The summed E-state index contributed by atoms with van der Waals surface area (Å²) in [6, 6.07) is 0.794. The zero-order valence-electron chi connectivity index (χ0n) is 14.0. The third kappa shape index (κ3) is 3.69. The van der Waals surface area contributed by atoms with E-state index in [0.29, 0.717) is 30.3 Å². The molecule has 1 aliphatic heterocycles. The summed E-state index contributed by atoms with van der Waals surface area (Å²) in [4.78, 5) is 42.8. The average molecular weight is 365 g/mol. The van der Waals surface area contributed by atoms with Crippen LogP contribution >= 0.6 is 11.3 Å². The lowest BCUT2D eigenvalue weighted by Gasteiger charge is -2.34. The van der Waals surface area contributed by atoms with Crippen molar-refractivity contribution in [3.05, 3.63) is 27.1 Å². The Balaban J connectivity index is 1.86. The van der Waals surface area contributed by atoms with Crippen molar-refractivity contribution in [1.29, 1.82) is 0 Å². The molecule has 1 saturated heterocycles. The number of aryl methyl sites for hydroxylation is 1. The average Bonchev–Trinajstić information content (AvgIpc) is 3.01. The van der Waals surface area contributed by atoms with Gasteiger partial charge >= 0.3 is 5.97 Å². The van der Waals surface area contributed by atoms with Gasteiger partial charge in [-0.3, -0.25) is 19.3 Å². The predicted molar refractivity (Wildman–Crippen MR) is 90.4 cm³/mol. The van der Waals surface area contributed by atoms with Crippen LogP contribution in [0.25, 0.3) is 4.96 Å². The molecule has 0 aromatic carbocycles. The lowest BCUT2D eigenvalue weighted by molar-refractivity contribution is -0.146. The minimum atomic E-state index is -0.630. The predicted octanol–water partition coefficient (Wildman–Crippen LogP) is -0.423. The minimum Gasteiger partial charge on any atom is -0.469 e. The first kappa shape index (κ1) is 17.5. The molecule has 9 nitrogen and oxygen atoms in total. The molecule has 25 heavy (non-hydrogen) atoms. The highest BCUT2D eigenvalue weighted by Gasteiger charge is 2.32. The van der Waals surface area contributed by atoms with Crippen LogP contribution in [0.1, 0.15) is 24.0 Å². The summed E-state index contributed by atoms with van der Waals surface area (Å²) in [5.74, 6) is -0.675. The first-order chi connectivity index (χ1) is 12.0. The Morgan fingerprint density at radius 2 is 2.28 bits per heavy atom. The van der Waals surface area contributed by atoms with Crippen LogP contribution < -0.4 is 10.9 Å². The summed E-state index contributed by atoms with van der Waals surface area (Å²) in [7, 11) is 1.29. The molecule has 1 aliphatic rings. The molecule has 0 saturated carbocycles. The van der Waals surface area contributed by atoms with E-state index >= 15 is 0 Å². The number of ether oxygens (including phenoxy) is 1. The van der Waals surface area contributed by atoms with E-state index < -0.39 is 12.0 Å². The van der Waals surface area contributed by atoms with Gasteiger partial charge in [0.25, 0.3) is 5.56 Å². The minimum absolute atomic E-state index is 0.0376. The number of rotatable bonds is 5. The highest BCUT2D eigenvalue weighted by molar-refractivity contribution is 7.16. The molecular weight excluding hydrogens is 346 g/mol. The number of methoxy groups -OCH3 is 1. The number of hydrogen-bond acceptors (Lipinski definition) is 8. The molecule has 0 radical (unpaired) electrons. The molecule has 0 spiro atoms. The Hall–Kier alpha value is -2.33. The van der Waals surface area contributed by atoms with Crippen molar-refractivity contribution in [3.8, 4) is 0 Å². The van der Waals surface area contributed by atoms with Gasteiger partial charge in [0.05, 0.1) is 19.2 Å². The molecule has 2 aromatic heterocycles. The summed E-state index contributed by atoms with van der Waals surface area (Å²) in [5.41, 5.74) is 0.308. The standard InChI is InChI=1S/C15H19N5O4S/c1-3-11-18-20-12(21)6-9(17-15(20)25-11)8-19-5-4-16-14(23)10(19)7-13(22)24-2/h6,10H,3-5,7-8H2,1-2H3,(H,16,23). The number of aromatic nitrogens is 3. The Labute approximate surface area is 147 Å². The van der Waals surface area contributed by atoms with Gasteiger partial charge in [-0.15, -0.1) is 0 Å². The highest BCUT2D eigenvalue weighted by atomic mass is 32.1. The zero-order valence-corrected chi connectivity index (χ0v) is 14.8. The van der Waals surface area contributed by atoms with Crippen LogP contribution in [0, 0.1) is 0 Å². The molecule has 1 atom stereocenters. The second-order valence-electron chi connectivity index (χ2n) is 5.69. The van der Waals surface area contributed by atoms with Crippen LogP contribution in [0.5, 0.6) is 0 Å². The van der Waals surface area contributed by atoms with E-state index in [1.807, 2.05) is 11.8 Å². The van der Waals surface area contributed by atoms with Gasteiger partial charge in [0.1, 0.15) is 11.0 Å². The van der Waals surface area contributed by atoms with E-state index in [0.717, 1.165) is 11.4 Å². The number of nitrogens with zero attached hydrogens (tertiary/aromatic N) is 4. The van der Waals surface area contributed by atoms with Crippen molar-refractivity contribution in [2.75, 3.05) is 20.2 Å². The molecule has 3 heterocycles. The van der Waals surface area contributed by atoms with E-state index in [-0.39, 0.29) is 17.9 Å². The number of nitrogens with one attached hydrogen (secondary N) is 1. The van der Waals surface area contributed by atoms with Crippen molar-refractivity contribution < 1.29 is 14.3 Å². The van der Waals surface area contributed by atoms with Crippen LogP contribution in [0.3, 0.4) is 0 Å². The fourth-order valence-electron chi connectivity index (χ4n) is 2.74. The lowest BCUT2D eigenvalue weighted by atomic mass is 10.1. The molecule has 1 unspecified atom stereocenters. The molecule has 2 aromatic rings. The number of piperazine rings is 1. The maximum absolute atomic E-state index is 12.2. The van der Waals surface area contributed by atoms with Crippen LogP contribution in [-0.2, 0) is 27.3 Å². The van der Waals surface area contributed by atoms with E-state index in [2.05, 4.69) is 20.1 Å². The maximum atomic E-state index is 12.2. The number of hydrogen-bond donors (Lipinski definition) is 1. The maximum Gasteiger partial charge on any atom is 0.307 e. The van der Waals surface area contributed by atoms with Crippen molar-refractivity contribution in [1.82, 2.24) is 24.8 Å². The first-order valence-electron chi connectivity index (χ1n) is 7.99. The molecule has 1 amide bonds. The van der Waals surface area contributed by atoms with Gasteiger partial charge in [0.2, 0.25) is 10.9 Å². The number of fused-ring (bicyclic) bond motifs is 1. The molecule has 134 valence electrons. The smallest absolute Gasteiger partial charge is 0.307 e. The first-order valence-corrected chi connectivity index (χ1v) is 8.80. The van der Waals surface area contributed by atoms with Crippen LogP contribution in [-0.4, -0.2) is 57.6 Å². The molecule has 3 rings (SSSR count). The third-order valence-electron chi connectivity index (χ3n) is 4.04. The van der Waals surface area contributed by atoms with Gasteiger partial charge in [0, 0.05) is 25.7 Å². The van der Waals surface area contributed by atoms with Crippen molar-refractivity contribution in [2.45, 2.75) is 32.4 Å². The lowest BCUT2D eigenvalue weighted by Crippen LogP contribution is -2.55. The molecule has 10 heteroatoms. The quantitative estimate of drug-likeness (QED) is 0.717. The van der Waals surface area contributed by atoms with E-state index in [1.165, 1.54) is 29.0 Å². The summed E-state index contributed by atoms with van der Waals surface area (Å²) in [6.07, 6.45) is 0.695. The normalized spacial score (nSPS) is 18.3. The highest BCUT2D eigenvalue weighted by Crippen LogP contribution is 2.15. The Morgan fingerprint density at radius 1 is 1.48 bits per heavy atom. The SMILES string of the molecule is CCc1nn2c(=O)cc(CN3CCNC(=O)C3CC(=O)OC)nc2s1. The van der Waals surface area contributed by atoms with Gasteiger partial charge in [-0.05, 0) is 6.42 Å². The number of carbonyl (C=O) groups is 2. The summed E-state index contributed by atoms with van der Waals surface area (Å²) in [5, 5.41) is 7.80. The summed E-state index contributed by atoms with van der Waals surface area (Å²) >= 11 is 1.37. The van der Waals surface area contributed by atoms with Gasteiger partial charge in [-0.1, -0.05) is 18.3 Å². The summed E-state index contributed by atoms with van der Waals surface area (Å²) < 4.78 is 5.96. The molecule has 0 bridgehead atoms. The number of amides is 1. The van der Waals surface area contributed by atoms with E-state index in [1.54, 1.807) is 0 Å². The van der Waals surface area contributed by atoms with Gasteiger partial charge in [-0.2, -0.15) is 9.61 Å². The number of carbonyl (C=O) groups excluding carboxylic acids is 2. The monoisotopic (exact) mass is 365 g/mol. The molecule has 0 aliphatic carbocycles. The Bertz CT molecular complexity index is 861. The molecule has 1 fully saturated rings. The largest absolute Gasteiger partial charge is 0.469 e. The second-order valence-corrected chi connectivity index (χ2v) is 6.73. The Kier molecular flexibility index (Phi) is 5.09. The Morgan fingerprint density at radius 3 is 3.00 bits per heavy atom. The van der Waals surface area contributed by atoms with Gasteiger partial charge in [0.15, 0.2) is 0 Å².